The fourth-order valence-electron chi connectivity index (χ4n) is 1.87. The summed E-state index contributed by atoms with van der Waals surface area (Å²) in [4.78, 5) is 0.000833. The van der Waals surface area contributed by atoms with Crippen LogP contribution < -0.4 is 14.6 Å². The average molecular weight is 287 g/mol. The zero-order valence-corrected chi connectivity index (χ0v) is 11.5. The van der Waals surface area contributed by atoms with Gasteiger partial charge in [0.25, 0.3) is 0 Å². The Labute approximate surface area is 112 Å². The van der Waals surface area contributed by atoms with Crippen molar-refractivity contribution in [2.75, 3.05) is 26.9 Å². The second-order valence-corrected chi connectivity index (χ2v) is 5.96. The maximum absolute atomic E-state index is 11.2. The minimum absolute atomic E-state index is 0.000833. The zero-order chi connectivity index (χ0) is 13.9. The molecule has 0 spiro atoms. The molecule has 7 heteroatoms. The van der Waals surface area contributed by atoms with Crippen LogP contribution in [0.2, 0.25) is 0 Å². The van der Waals surface area contributed by atoms with Gasteiger partial charge in [-0.05, 0) is 18.6 Å². The lowest BCUT2D eigenvalue weighted by Crippen LogP contribution is -2.14. The number of hydrogen-bond donors (Lipinski definition) is 1. The monoisotopic (exact) mass is 287 g/mol. The average Bonchev–Trinajstić information content (AvgIpc) is 2.88. The van der Waals surface area contributed by atoms with E-state index in [2.05, 4.69) is 0 Å². The Morgan fingerprint density at radius 3 is 2.79 bits per heavy atom. The molecule has 1 saturated heterocycles. The second kappa shape index (κ2) is 5.77. The van der Waals surface area contributed by atoms with Gasteiger partial charge in [-0.25, -0.2) is 13.6 Å². The van der Waals surface area contributed by atoms with Crippen molar-refractivity contribution in [3.63, 3.8) is 0 Å². The number of ether oxygens (including phenoxy) is 3. The van der Waals surface area contributed by atoms with Gasteiger partial charge in [0.1, 0.15) is 0 Å². The third kappa shape index (κ3) is 3.59. The van der Waals surface area contributed by atoms with Gasteiger partial charge in [0.15, 0.2) is 11.5 Å². The summed E-state index contributed by atoms with van der Waals surface area (Å²) < 4.78 is 38.5. The highest BCUT2D eigenvalue weighted by Gasteiger charge is 2.18. The minimum atomic E-state index is -3.74. The van der Waals surface area contributed by atoms with Crippen molar-refractivity contribution >= 4 is 10.0 Å². The molecule has 6 nitrogen and oxygen atoms in total. The van der Waals surface area contributed by atoms with Crippen molar-refractivity contribution in [1.82, 2.24) is 0 Å². The molecule has 1 aliphatic rings. The zero-order valence-electron chi connectivity index (χ0n) is 10.7. The standard InChI is InChI=1S/C12H17NO5S/c1-16-12-6-10(19(13,14)15)2-3-11(12)18-8-9-4-5-17-7-9/h2-3,6,9H,4-5,7-8H2,1H3,(H2,13,14,15). The molecular weight excluding hydrogens is 270 g/mol. The number of rotatable bonds is 5. The van der Waals surface area contributed by atoms with Crippen LogP contribution in [0.5, 0.6) is 11.5 Å². The van der Waals surface area contributed by atoms with E-state index in [-0.39, 0.29) is 4.90 Å². The van der Waals surface area contributed by atoms with Gasteiger partial charge in [-0.1, -0.05) is 0 Å². The predicted octanol–water partition coefficient (Wildman–Crippen LogP) is 0.758. The lowest BCUT2D eigenvalue weighted by atomic mass is 10.1. The first-order valence-corrected chi connectivity index (χ1v) is 7.46. The molecule has 0 saturated carbocycles. The summed E-state index contributed by atoms with van der Waals surface area (Å²) in [6, 6.07) is 4.31. The van der Waals surface area contributed by atoms with Crippen molar-refractivity contribution < 1.29 is 22.6 Å². The van der Waals surface area contributed by atoms with Crippen LogP contribution in [0.1, 0.15) is 6.42 Å². The van der Waals surface area contributed by atoms with Crippen LogP contribution in [0.4, 0.5) is 0 Å². The Kier molecular flexibility index (Phi) is 4.28. The van der Waals surface area contributed by atoms with Gasteiger partial charge in [-0.3, -0.25) is 0 Å². The number of hydrogen-bond acceptors (Lipinski definition) is 5. The molecule has 1 heterocycles. The molecule has 19 heavy (non-hydrogen) atoms. The lowest BCUT2D eigenvalue weighted by molar-refractivity contribution is 0.165. The molecule has 1 fully saturated rings. The van der Waals surface area contributed by atoms with Crippen LogP contribution in [0.3, 0.4) is 0 Å². The molecule has 1 aliphatic heterocycles. The van der Waals surface area contributed by atoms with E-state index in [1.165, 1.54) is 19.2 Å². The second-order valence-electron chi connectivity index (χ2n) is 4.40. The summed E-state index contributed by atoms with van der Waals surface area (Å²) in [6.07, 6.45) is 0.970. The van der Waals surface area contributed by atoms with Gasteiger partial charge in [0, 0.05) is 18.6 Å². The van der Waals surface area contributed by atoms with E-state index in [4.69, 9.17) is 19.3 Å². The number of primary sulfonamides is 1. The van der Waals surface area contributed by atoms with Gasteiger partial charge in [-0.15, -0.1) is 0 Å². The molecule has 1 atom stereocenters. The number of methoxy groups -OCH3 is 1. The van der Waals surface area contributed by atoms with E-state index in [0.29, 0.717) is 30.6 Å². The van der Waals surface area contributed by atoms with Crippen LogP contribution >= 0.6 is 0 Å². The van der Waals surface area contributed by atoms with Crippen molar-refractivity contribution in [2.24, 2.45) is 11.1 Å². The first-order valence-electron chi connectivity index (χ1n) is 5.92. The van der Waals surface area contributed by atoms with Crippen molar-refractivity contribution in [3.05, 3.63) is 18.2 Å². The fraction of sp³-hybridized carbons (Fsp3) is 0.500. The highest BCUT2D eigenvalue weighted by molar-refractivity contribution is 7.89. The summed E-state index contributed by atoms with van der Waals surface area (Å²) in [6.45, 7) is 1.97. The van der Waals surface area contributed by atoms with E-state index >= 15 is 0 Å². The van der Waals surface area contributed by atoms with Crippen LogP contribution in [0, 0.1) is 5.92 Å². The molecule has 1 aromatic carbocycles. The van der Waals surface area contributed by atoms with E-state index in [1.54, 1.807) is 6.07 Å². The van der Waals surface area contributed by atoms with E-state index < -0.39 is 10.0 Å². The molecule has 1 aromatic rings. The molecule has 0 amide bonds. The highest BCUT2D eigenvalue weighted by Crippen LogP contribution is 2.30. The summed E-state index contributed by atoms with van der Waals surface area (Å²) in [7, 11) is -2.29. The summed E-state index contributed by atoms with van der Waals surface area (Å²) in [5.41, 5.74) is 0. The molecule has 2 rings (SSSR count). The third-order valence-electron chi connectivity index (χ3n) is 2.96. The van der Waals surface area contributed by atoms with Crippen LogP contribution in [-0.4, -0.2) is 35.3 Å². The highest BCUT2D eigenvalue weighted by atomic mass is 32.2. The van der Waals surface area contributed by atoms with Crippen molar-refractivity contribution in [3.8, 4) is 11.5 Å². The largest absolute Gasteiger partial charge is 0.493 e. The maximum Gasteiger partial charge on any atom is 0.238 e. The van der Waals surface area contributed by atoms with Gasteiger partial charge in [0.2, 0.25) is 10.0 Å². The van der Waals surface area contributed by atoms with Crippen LogP contribution in [-0.2, 0) is 14.8 Å². The van der Waals surface area contributed by atoms with E-state index in [0.717, 1.165) is 13.0 Å². The first kappa shape index (κ1) is 14.1. The van der Waals surface area contributed by atoms with Crippen molar-refractivity contribution in [1.29, 1.82) is 0 Å². The molecule has 2 N–H and O–H groups in total. The Morgan fingerprint density at radius 1 is 1.42 bits per heavy atom. The van der Waals surface area contributed by atoms with Crippen LogP contribution in [0.25, 0.3) is 0 Å². The number of nitrogens with two attached hydrogens (primary N) is 1. The Hall–Kier alpha value is -1.31. The van der Waals surface area contributed by atoms with E-state index in [1.807, 2.05) is 0 Å². The normalized spacial score (nSPS) is 19.4. The van der Waals surface area contributed by atoms with Gasteiger partial charge in [0.05, 0.1) is 25.2 Å². The number of benzene rings is 1. The molecular formula is C12H17NO5S. The smallest absolute Gasteiger partial charge is 0.238 e. The molecule has 0 radical (unpaired) electrons. The van der Waals surface area contributed by atoms with Gasteiger partial charge >= 0.3 is 0 Å². The minimum Gasteiger partial charge on any atom is -0.493 e. The van der Waals surface area contributed by atoms with Crippen molar-refractivity contribution in [2.45, 2.75) is 11.3 Å². The number of sulfonamides is 1. The topological polar surface area (TPSA) is 87.9 Å². The van der Waals surface area contributed by atoms with Gasteiger partial charge in [-0.2, -0.15) is 0 Å². The van der Waals surface area contributed by atoms with Crippen LogP contribution in [0.15, 0.2) is 23.1 Å². The summed E-state index contributed by atoms with van der Waals surface area (Å²) >= 11 is 0. The Bertz CT molecular complexity index is 537. The molecule has 106 valence electrons. The van der Waals surface area contributed by atoms with Gasteiger partial charge < -0.3 is 14.2 Å². The molecule has 0 bridgehead atoms. The predicted molar refractivity (Wildman–Crippen MR) is 68.8 cm³/mol. The fourth-order valence-corrected chi connectivity index (χ4v) is 2.40. The van der Waals surface area contributed by atoms with E-state index in [9.17, 15) is 8.42 Å². The maximum atomic E-state index is 11.2. The Morgan fingerprint density at radius 2 is 2.21 bits per heavy atom. The first-order chi connectivity index (χ1) is 9.00. The lowest BCUT2D eigenvalue weighted by Gasteiger charge is -2.14. The summed E-state index contributed by atoms with van der Waals surface area (Å²) in [5, 5.41) is 5.06. The quantitative estimate of drug-likeness (QED) is 0.863. The summed E-state index contributed by atoms with van der Waals surface area (Å²) in [5.74, 6) is 1.22. The molecule has 0 aliphatic carbocycles. The Balaban J connectivity index is 2.11. The SMILES string of the molecule is COc1cc(S(N)(=O)=O)ccc1OCC1CCOC1. The molecule has 1 unspecified atom stereocenters. The molecule has 0 aromatic heterocycles. The third-order valence-corrected chi connectivity index (χ3v) is 3.87.